The summed E-state index contributed by atoms with van der Waals surface area (Å²) in [7, 11) is 0. The standard InChI is InChI=1S/C16H20FN3OS/c1-2-3-4-9-18-15(21)11-22-16-19-10-14(20-16)12-5-7-13(17)8-6-12/h5-8,10H,2-4,9,11H2,1H3,(H,18,21)(H,19,20). The molecule has 118 valence electrons. The molecule has 1 amide bonds. The van der Waals surface area contributed by atoms with Crippen LogP contribution in [-0.2, 0) is 4.79 Å². The minimum Gasteiger partial charge on any atom is -0.355 e. The Hall–Kier alpha value is -1.82. The Bertz CT molecular complexity index is 598. The van der Waals surface area contributed by atoms with Crippen molar-refractivity contribution >= 4 is 17.7 Å². The van der Waals surface area contributed by atoms with Crippen LogP contribution < -0.4 is 5.32 Å². The van der Waals surface area contributed by atoms with Crippen LogP contribution in [0.1, 0.15) is 26.2 Å². The molecule has 0 bridgehead atoms. The van der Waals surface area contributed by atoms with Gasteiger partial charge < -0.3 is 10.3 Å². The van der Waals surface area contributed by atoms with Crippen LogP contribution in [0.15, 0.2) is 35.6 Å². The summed E-state index contributed by atoms with van der Waals surface area (Å²) in [5, 5.41) is 3.57. The molecule has 0 saturated heterocycles. The summed E-state index contributed by atoms with van der Waals surface area (Å²) in [6.45, 7) is 2.86. The summed E-state index contributed by atoms with van der Waals surface area (Å²) >= 11 is 1.36. The first kappa shape index (κ1) is 16.5. The molecule has 6 heteroatoms. The molecule has 0 spiro atoms. The van der Waals surface area contributed by atoms with Crippen molar-refractivity contribution in [2.45, 2.75) is 31.3 Å². The molecule has 0 aliphatic heterocycles. The number of carbonyl (C=O) groups excluding carboxylic acids is 1. The van der Waals surface area contributed by atoms with Gasteiger partial charge >= 0.3 is 0 Å². The summed E-state index contributed by atoms with van der Waals surface area (Å²) in [4.78, 5) is 19.0. The number of nitrogens with zero attached hydrogens (tertiary/aromatic N) is 1. The van der Waals surface area contributed by atoms with E-state index >= 15 is 0 Å². The van der Waals surface area contributed by atoms with Gasteiger partial charge in [-0.2, -0.15) is 0 Å². The smallest absolute Gasteiger partial charge is 0.230 e. The van der Waals surface area contributed by atoms with E-state index < -0.39 is 0 Å². The Kier molecular flexibility index (Phi) is 6.45. The molecule has 1 aromatic carbocycles. The molecule has 2 N–H and O–H groups in total. The van der Waals surface area contributed by atoms with Crippen molar-refractivity contribution in [3.8, 4) is 11.3 Å². The van der Waals surface area contributed by atoms with Crippen molar-refractivity contribution in [3.63, 3.8) is 0 Å². The molecular weight excluding hydrogens is 301 g/mol. The zero-order chi connectivity index (χ0) is 15.8. The van der Waals surface area contributed by atoms with Gasteiger partial charge in [0.05, 0.1) is 17.6 Å². The molecule has 4 nitrogen and oxygen atoms in total. The third-order valence-electron chi connectivity index (χ3n) is 3.15. The maximum absolute atomic E-state index is 12.9. The van der Waals surface area contributed by atoms with Gasteiger partial charge in [-0.05, 0) is 36.2 Å². The average molecular weight is 321 g/mol. The highest BCUT2D eigenvalue weighted by molar-refractivity contribution is 7.99. The van der Waals surface area contributed by atoms with E-state index in [4.69, 9.17) is 0 Å². The van der Waals surface area contributed by atoms with Crippen LogP contribution >= 0.6 is 11.8 Å². The molecule has 0 aliphatic carbocycles. The van der Waals surface area contributed by atoms with Gasteiger partial charge in [0.1, 0.15) is 5.82 Å². The van der Waals surface area contributed by atoms with Crippen molar-refractivity contribution in [1.29, 1.82) is 0 Å². The molecule has 22 heavy (non-hydrogen) atoms. The molecule has 0 radical (unpaired) electrons. The lowest BCUT2D eigenvalue weighted by Gasteiger charge is -2.03. The lowest BCUT2D eigenvalue weighted by atomic mass is 10.2. The number of nitrogens with one attached hydrogen (secondary N) is 2. The number of unbranched alkanes of at least 4 members (excludes halogenated alkanes) is 2. The number of aromatic nitrogens is 2. The molecule has 1 heterocycles. The second kappa shape index (κ2) is 8.58. The summed E-state index contributed by atoms with van der Waals surface area (Å²) in [5.74, 6) is 0.0844. The SMILES string of the molecule is CCCCCNC(=O)CSc1ncc(-c2ccc(F)cc2)[nH]1. The Labute approximate surface area is 133 Å². The summed E-state index contributed by atoms with van der Waals surface area (Å²) < 4.78 is 12.9. The second-order valence-corrected chi connectivity index (χ2v) is 5.92. The van der Waals surface area contributed by atoms with Crippen LogP contribution in [-0.4, -0.2) is 28.2 Å². The quantitative estimate of drug-likeness (QED) is 0.577. The van der Waals surface area contributed by atoms with E-state index in [9.17, 15) is 9.18 Å². The second-order valence-electron chi connectivity index (χ2n) is 4.95. The highest BCUT2D eigenvalue weighted by Gasteiger charge is 2.07. The highest BCUT2D eigenvalue weighted by atomic mass is 32.2. The highest BCUT2D eigenvalue weighted by Crippen LogP contribution is 2.21. The van der Waals surface area contributed by atoms with Crippen molar-refractivity contribution in [1.82, 2.24) is 15.3 Å². The lowest BCUT2D eigenvalue weighted by molar-refractivity contribution is -0.118. The molecule has 0 atom stereocenters. The monoisotopic (exact) mass is 321 g/mol. The van der Waals surface area contributed by atoms with E-state index in [1.807, 2.05) is 0 Å². The molecule has 0 saturated carbocycles. The summed E-state index contributed by atoms with van der Waals surface area (Å²) in [6, 6.07) is 6.20. The van der Waals surface area contributed by atoms with Crippen molar-refractivity contribution in [3.05, 3.63) is 36.3 Å². The number of halogens is 1. The third-order valence-corrected chi connectivity index (χ3v) is 4.04. The zero-order valence-corrected chi connectivity index (χ0v) is 13.4. The van der Waals surface area contributed by atoms with E-state index in [1.54, 1.807) is 18.3 Å². The topological polar surface area (TPSA) is 57.8 Å². The van der Waals surface area contributed by atoms with E-state index in [1.165, 1.54) is 23.9 Å². The maximum atomic E-state index is 12.9. The van der Waals surface area contributed by atoms with Crippen LogP contribution in [0.2, 0.25) is 0 Å². The van der Waals surface area contributed by atoms with Crippen LogP contribution in [0.5, 0.6) is 0 Å². The lowest BCUT2D eigenvalue weighted by Crippen LogP contribution is -2.26. The Morgan fingerprint density at radius 1 is 1.32 bits per heavy atom. The van der Waals surface area contributed by atoms with Crippen molar-refractivity contribution < 1.29 is 9.18 Å². The van der Waals surface area contributed by atoms with Crippen molar-refractivity contribution in [2.75, 3.05) is 12.3 Å². The molecular formula is C16H20FN3OS. The molecule has 0 fully saturated rings. The molecule has 0 unspecified atom stereocenters. The predicted molar refractivity (Wildman–Crippen MR) is 87.2 cm³/mol. The minimum atomic E-state index is -0.266. The van der Waals surface area contributed by atoms with Crippen molar-refractivity contribution in [2.24, 2.45) is 0 Å². The number of amides is 1. The Morgan fingerprint density at radius 2 is 2.09 bits per heavy atom. The van der Waals surface area contributed by atoms with Gasteiger partial charge in [0.2, 0.25) is 5.91 Å². The van der Waals surface area contributed by atoms with Crippen LogP contribution in [0.4, 0.5) is 4.39 Å². The molecule has 1 aromatic heterocycles. The van der Waals surface area contributed by atoms with Crippen LogP contribution in [0, 0.1) is 5.82 Å². The maximum Gasteiger partial charge on any atom is 0.230 e. The van der Waals surface area contributed by atoms with Gasteiger partial charge in [0, 0.05) is 6.54 Å². The van der Waals surface area contributed by atoms with Gasteiger partial charge in [-0.1, -0.05) is 31.5 Å². The van der Waals surface area contributed by atoms with Crippen LogP contribution in [0.25, 0.3) is 11.3 Å². The van der Waals surface area contributed by atoms with Gasteiger partial charge in [-0.3, -0.25) is 4.79 Å². The number of carbonyl (C=O) groups is 1. The number of hydrogen-bond acceptors (Lipinski definition) is 3. The number of hydrogen-bond donors (Lipinski definition) is 2. The third kappa shape index (κ3) is 5.18. The van der Waals surface area contributed by atoms with E-state index in [-0.39, 0.29) is 11.7 Å². The molecule has 2 rings (SSSR count). The largest absolute Gasteiger partial charge is 0.355 e. The first-order chi connectivity index (χ1) is 10.7. The number of rotatable bonds is 8. The van der Waals surface area contributed by atoms with E-state index in [0.29, 0.717) is 10.9 Å². The van der Waals surface area contributed by atoms with Gasteiger partial charge in [0.15, 0.2) is 5.16 Å². The fraction of sp³-hybridized carbons (Fsp3) is 0.375. The van der Waals surface area contributed by atoms with Gasteiger partial charge in [-0.15, -0.1) is 0 Å². The molecule has 2 aromatic rings. The first-order valence-electron chi connectivity index (χ1n) is 7.39. The fourth-order valence-corrected chi connectivity index (χ4v) is 2.62. The fourth-order valence-electron chi connectivity index (χ4n) is 1.94. The van der Waals surface area contributed by atoms with Crippen LogP contribution in [0.3, 0.4) is 0 Å². The first-order valence-corrected chi connectivity index (χ1v) is 8.38. The van der Waals surface area contributed by atoms with Gasteiger partial charge in [0.25, 0.3) is 0 Å². The summed E-state index contributed by atoms with van der Waals surface area (Å²) in [6.07, 6.45) is 4.98. The number of thioether (sulfide) groups is 1. The number of imidazole rings is 1. The van der Waals surface area contributed by atoms with E-state index in [2.05, 4.69) is 22.2 Å². The summed E-state index contributed by atoms with van der Waals surface area (Å²) in [5.41, 5.74) is 1.68. The molecule has 0 aliphatic rings. The predicted octanol–water partition coefficient (Wildman–Crippen LogP) is 3.61. The average Bonchev–Trinajstić information content (AvgIpc) is 2.99. The number of H-pyrrole nitrogens is 1. The van der Waals surface area contributed by atoms with Gasteiger partial charge in [-0.25, -0.2) is 9.37 Å². The normalized spacial score (nSPS) is 10.6. The Morgan fingerprint density at radius 3 is 2.82 bits per heavy atom. The number of benzene rings is 1. The number of aromatic amines is 1. The zero-order valence-electron chi connectivity index (χ0n) is 12.6. The minimum absolute atomic E-state index is 0.0147. The Balaban J connectivity index is 1.79. The van der Waals surface area contributed by atoms with E-state index in [0.717, 1.165) is 37.1 Å².